The van der Waals surface area contributed by atoms with Crippen LogP contribution in [0.5, 0.6) is 0 Å². The van der Waals surface area contributed by atoms with Crippen molar-refractivity contribution in [2.45, 2.75) is 52.4 Å². The van der Waals surface area contributed by atoms with Gasteiger partial charge in [-0.15, -0.1) is 0 Å². The van der Waals surface area contributed by atoms with Crippen LogP contribution in [0.15, 0.2) is 12.2 Å². The summed E-state index contributed by atoms with van der Waals surface area (Å²) >= 11 is 0. The molecular weight excluding hydrogens is 184 g/mol. The smallest absolute Gasteiger partial charge is 0.133 e. The first-order chi connectivity index (χ1) is 7.01. The summed E-state index contributed by atoms with van der Waals surface area (Å²) < 4.78 is 0. The van der Waals surface area contributed by atoms with Crippen LogP contribution in [0, 0.1) is 17.3 Å². The van der Waals surface area contributed by atoms with Crippen molar-refractivity contribution in [3.05, 3.63) is 12.2 Å². The first kappa shape index (κ1) is 10.9. The summed E-state index contributed by atoms with van der Waals surface area (Å²) in [5.41, 5.74) is 1.77. The Morgan fingerprint density at radius 2 is 2.20 bits per heavy atom. The molecule has 2 saturated carbocycles. The molecule has 3 atom stereocenters. The first-order valence-electron chi connectivity index (χ1n) is 6.18. The largest absolute Gasteiger partial charge is 0.300 e. The van der Waals surface area contributed by atoms with Gasteiger partial charge in [0.05, 0.1) is 0 Å². The molecule has 0 aliphatic heterocycles. The van der Waals surface area contributed by atoms with Crippen LogP contribution in [0.4, 0.5) is 0 Å². The molecule has 15 heavy (non-hydrogen) atoms. The maximum atomic E-state index is 11.5. The molecule has 0 aromatic heterocycles. The highest BCUT2D eigenvalue weighted by atomic mass is 16.1. The van der Waals surface area contributed by atoms with Crippen molar-refractivity contribution in [3.63, 3.8) is 0 Å². The van der Waals surface area contributed by atoms with Crippen molar-refractivity contribution >= 4 is 5.78 Å². The van der Waals surface area contributed by atoms with Crippen LogP contribution in [0.2, 0.25) is 0 Å². The Morgan fingerprint density at radius 3 is 2.87 bits per heavy atom. The molecule has 0 aromatic carbocycles. The van der Waals surface area contributed by atoms with Gasteiger partial charge in [0.15, 0.2) is 0 Å². The first-order valence-corrected chi connectivity index (χ1v) is 6.18. The molecule has 0 saturated heterocycles. The lowest BCUT2D eigenvalue weighted by Gasteiger charge is -2.47. The summed E-state index contributed by atoms with van der Waals surface area (Å²) in [7, 11) is 0. The zero-order chi connectivity index (χ0) is 11.1. The predicted octanol–water partition coefficient (Wildman–Crippen LogP) is 3.74. The molecule has 2 fully saturated rings. The predicted molar refractivity (Wildman–Crippen MR) is 62.6 cm³/mol. The third kappa shape index (κ3) is 2.02. The van der Waals surface area contributed by atoms with E-state index in [1.807, 2.05) is 0 Å². The maximum absolute atomic E-state index is 11.5. The van der Waals surface area contributed by atoms with Gasteiger partial charge in [-0.3, -0.25) is 4.79 Å². The highest BCUT2D eigenvalue weighted by Gasteiger charge is 2.43. The van der Waals surface area contributed by atoms with Crippen LogP contribution in [-0.2, 0) is 4.79 Å². The van der Waals surface area contributed by atoms with Crippen molar-refractivity contribution in [1.29, 1.82) is 0 Å². The molecule has 0 amide bonds. The molecule has 0 aromatic rings. The van der Waals surface area contributed by atoms with E-state index in [0.29, 0.717) is 23.0 Å². The highest BCUT2D eigenvalue weighted by Crippen LogP contribution is 2.51. The van der Waals surface area contributed by atoms with E-state index in [1.165, 1.54) is 24.8 Å². The standard InChI is InChI=1S/C14H22O/c1-10(2)11-4-6-14(3)7-5-13(15)9-12(14)8-11/h11-12H,1,4-9H2,2-3H3. The minimum absolute atomic E-state index is 0.458. The Labute approximate surface area is 92.9 Å². The van der Waals surface area contributed by atoms with Crippen LogP contribution >= 0.6 is 0 Å². The van der Waals surface area contributed by atoms with Gasteiger partial charge in [-0.1, -0.05) is 19.1 Å². The molecule has 1 nitrogen and oxygen atoms in total. The van der Waals surface area contributed by atoms with Gasteiger partial charge in [0, 0.05) is 12.8 Å². The van der Waals surface area contributed by atoms with E-state index in [-0.39, 0.29) is 0 Å². The van der Waals surface area contributed by atoms with Gasteiger partial charge in [-0.2, -0.15) is 0 Å². The topological polar surface area (TPSA) is 17.1 Å². The Hall–Kier alpha value is -0.590. The molecule has 0 radical (unpaired) electrons. The van der Waals surface area contributed by atoms with E-state index < -0.39 is 0 Å². The fourth-order valence-electron chi connectivity index (χ4n) is 3.36. The van der Waals surface area contributed by atoms with Crippen molar-refractivity contribution in [1.82, 2.24) is 0 Å². The van der Waals surface area contributed by atoms with E-state index in [2.05, 4.69) is 20.4 Å². The van der Waals surface area contributed by atoms with Gasteiger partial charge in [-0.25, -0.2) is 0 Å². The van der Waals surface area contributed by atoms with Gasteiger partial charge in [-0.05, 0) is 49.9 Å². The third-order valence-corrected chi connectivity index (χ3v) is 4.76. The lowest BCUT2D eigenvalue weighted by atomic mass is 9.57. The molecule has 0 N–H and O–H groups in total. The van der Waals surface area contributed by atoms with Crippen LogP contribution < -0.4 is 0 Å². The molecule has 0 heterocycles. The van der Waals surface area contributed by atoms with E-state index in [0.717, 1.165) is 19.3 Å². The van der Waals surface area contributed by atoms with E-state index in [1.54, 1.807) is 0 Å². The van der Waals surface area contributed by atoms with Crippen LogP contribution in [0.1, 0.15) is 52.4 Å². The minimum Gasteiger partial charge on any atom is -0.300 e. The average molecular weight is 206 g/mol. The third-order valence-electron chi connectivity index (χ3n) is 4.76. The zero-order valence-electron chi connectivity index (χ0n) is 10.0. The average Bonchev–Trinajstić information content (AvgIpc) is 2.18. The van der Waals surface area contributed by atoms with Crippen LogP contribution in [-0.4, -0.2) is 5.78 Å². The molecule has 84 valence electrons. The van der Waals surface area contributed by atoms with Crippen LogP contribution in [0.3, 0.4) is 0 Å². The van der Waals surface area contributed by atoms with E-state index in [4.69, 9.17) is 0 Å². The number of hydrogen-bond donors (Lipinski definition) is 0. The number of carbonyl (C=O) groups is 1. The fraction of sp³-hybridized carbons (Fsp3) is 0.786. The van der Waals surface area contributed by atoms with Crippen molar-refractivity contribution < 1.29 is 4.79 Å². The summed E-state index contributed by atoms with van der Waals surface area (Å²) in [5.74, 6) is 1.79. The zero-order valence-corrected chi connectivity index (χ0v) is 10.0. The number of fused-ring (bicyclic) bond motifs is 1. The van der Waals surface area contributed by atoms with Gasteiger partial charge >= 0.3 is 0 Å². The molecule has 2 aliphatic carbocycles. The second-order valence-electron chi connectivity index (χ2n) is 5.91. The van der Waals surface area contributed by atoms with Crippen molar-refractivity contribution in [2.24, 2.45) is 17.3 Å². The second-order valence-corrected chi connectivity index (χ2v) is 5.91. The minimum atomic E-state index is 0.458. The number of Topliss-reactive ketones (excluding diaryl/α,β-unsaturated/α-hetero) is 1. The van der Waals surface area contributed by atoms with Crippen molar-refractivity contribution in [2.75, 3.05) is 0 Å². The van der Waals surface area contributed by atoms with Crippen molar-refractivity contribution in [3.8, 4) is 0 Å². The summed E-state index contributed by atoms with van der Waals surface area (Å²) in [4.78, 5) is 11.5. The Bertz CT molecular complexity index is 292. The molecule has 2 rings (SSSR count). The van der Waals surface area contributed by atoms with Gasteiger partial charge in [0.2, 0.25) is 0 Å². The van der Waals surface area contributed by atoms with E-state index in [9.17, 15) is 4.79 Å². The van der Waals surface area contributed by atoms with Gasteiger partial charge < -0.3 is 0 Å². The Balaban J connectivity index is 2.10. The quantitative estimate of drug-likeness (QED) is 0.597. The normalized spacial score (nSPS) is 41.1. The highest BCUT2D eigenvalue weighted by molar-refractivity contribution is 5.79. The number of carbonyl (C=O) groups excluding carboxylic acids is 1. The molecule has 0 spiro atoms. The maximum Gasteiger partial charge on any atom is 0.133 e. The molecule has 3 unspecified atom stereocenters. The lowest BCUT2D eigenvalue weighted by Crippen LogP contribution is -2.39. The summed E-state index contributed by atoms with van der Waals surface area (Å²) in [6.45, 7) is 8.60. The summed E-state index contributed by atoms with van der Waals surface area (Å²) in [6.07, 6.45) is 6.57. The Morgan fingerprint density at radius 1 is 1.47 bits per heavy atom. The Kier molecular flexibility index (Phi) is 2.74. The van der Waals surface area contributed by atoms with Crippen LogP contribution in [0.25, 0.3) is 0 Å². The lowest BCUT2D eigenvalue weighted by molar-refractivity contribution is -0.126. The number of allylic oxidation sites excluding steroid dienone is 1. The van der Waals surface area contributed by atoms with Gasteiger partial charge in [0.1, 0.15) is 5.78 Å². The fourth-order valence-corrected chi connectivity index (χ4v) is 3.36. The monoisotopic (exact) mass is 206 g/mol. The molecule has 0 bridgehead atoms. The number of hydrogen-bond acceptors (Lipinski definition) is 1. The number of ketones is 1. The molecular formula is C14H22O. The number of rotatable bonds is 1. The summed E-state index contributed by atoms with van der Waals surface area (Å²) in [6, 6.07) is 0. The summed E-state index contributed by atoms with van der Waals surface area (Å²) in [5, 5.41) is 0. The van der Waals surface area contributed by atoms with Gasteiger partial charge in [0.25, 0.3) is 0 Å². The second kappa shape index (κ2) is 3.77. The van der Waals surface area contributed by atoms with E-state index >= 15 is 0 Å². The molecule has 2 aliphatic rings. The molecule has 1 heteroatoms. The SMILES string of the molecule is C=C(C)C1CCC2(C)CCC(=O)CC2C1.